The van der Waals surface area contributed by atoms with Gasteiger partial charge in [-0.05, 0) is 24.1 Å². The smallest absolute Gasteiger partial charge is 0.282 e. The van der Waals surface area contributed by atoms with Gasteiger partial charge in [-0.3, -0.25) is 14.9 Å². The first-order valence-electron chi connectivity index (χ1n) is 6.86. The van der Waals surface area contributed by atoms with Gasteiger partial charge in [0.2, 0.25) is 0 Å². The highest BCUT2D eigenvalue weighted by Gasteiger charge is 2.40. The van der Waals surface area contributed by atoms with Gasteiger partial charge in [0.25, 0.3) is 11.6 Å². The van der Waals surface area contributed by atoms with Crippen LogP contribution in [0, 0.1) is 15.9 Å². The minimum absolute atomic E-state index is 0.0715. The summed E-state index contributed by atoms with van der Waals surface area (Å²) in [5.74, 6) is -1.08. The number of nitrogens with zero attached hydrogens (tertiary/aromatic N) is 1. The summed E-state index contributed by atoms with van der Waals surface area (Å²) in [7, 11) is 0. The van der Waals surface area contributed by atoms with Crippen LogP contribution < -0.4 is 5.32 Å². The van der Waals surface area contributed by atoms with Gasteiger partial charge in [0.05, 0.1) is 4.92 Å². The Bertz CT molecular complexity index is 733. The standard InChI is InChI=1S/C16H13FN2O3/c17-11-6-7-15(19(21)22)13(8-11)16(20)18-14-9-12(14)10-4-2-1-3-5-10/h1-8,12,14H,9H2,(H,18,20). The van der Waals surface area contributed by atoms with Crippen molar-refractivity contribution in [1.82, 2.24) is 5.32 Å². The van der Waals surface area contributed by atoms with Crippen LogP contribution in [0.1, 0.15) is 28.3 Å². The second kappa shape index (κ2) is 5.55. The van der Waals surface area contributed by atoms with Gasteiger partial charge < -0.3 is 5.32 Å². The lowest BCUT2D eigenvalue weighted by Crippen LogP contribution is -2.27. The van der Waals surface area contributed by atoms with Crippen molar-refractivity contribution in [1.29, 1.82) is 0 Å². The normalized spacial score (nSPS) is 19.5. The number of hydrogen-bond donors (Lipinski definition) is 1. The van der Waals surface area contributed by atoms with E-state index in [1.54, 1.807) is 0 Å². The molecule has 1 aliphatic rings. The van der Waals surface area contributed by atoms with Crippen molar-refractivity contribution in [3.63, 3.8) is 0 Å². The Kier molecular flexibility index (Phi) is 3.58. The molecule has 0 spiro atoms. The molecule has 2 atom stereocenters. The molecule has 0 aromatic heterocycles. The number of halogens is 1. The third kappa shape index (κ3) is 2.81. The molecule has 6 heteroatoms. The predicted molar refractivity (Wildman–Crippen MR) is 78.1 cm³/mol. The van der Waals surface area contributed by atoms with E-state index < -0.39 is 22.3 Å². The van der Waals surface area contributed by atoms with Crippen LogP contribution in [0.2, 0.25) is 0 Å². The SMILES string of the molecule is O=C(NC1CC1c1ccccc1)c1cc(F)ccc1[N+](=O)[O-]. The number of carbonyl (C=O) groups excluding carboxylic acids is 1. The number of nitro groups is 1. The maximum absolute atomic E-state index is 13.3. The summed E-state index contributed by atoms with van der Waals surface area (Å²) in [6.07, 6.45) is 0.777. The molecule has 1 aliphatic carbocycles. The van der Waals surface area contributed by atoms with Crippen LogP contribution >= 0.6 is 0 Å². The average Bonchev–Trinajstić information content (AvgIpc) is 3.27. The zero-order valence-corrected chi connectivity index (χ0v) is 11.5. The van der Waals surface area contributed by atoms with Gasteiger partial charge in [0, 0.05) is 18.0 Å². The van der Waals surface area contributed by atoms with E-state index in [0.717, 1.165) is 30.2 Å². The van der Waals surface area contributed by atoms with Crippen molar-refractivity contribution < 1.29 is 14.1 Å². The first kappa shape index (κ1) is 14.2. The van der Waals surface area contributed by atoms with E-state index in [1.165, 1.54) is 0 Å². The highest BCUT2D eigenvalue weighted by atomic mass is 19.1. The van der Waals surface area contributed by atoms with E-state index in [9.17, 15) is 19.3 Å². The first-order valence-corrected chi connectivity index (χ1v) is 6.86. The molecule has 3 rings (SSSR count). The van der Waals surface area contributed by atoms with E-state index in [0.29, 0.717) is 0 Å². The lowest BCUT2D eigenvalue weighted by molar-refractivity contribution is -0.385. The number of nitrogens with one attached hydrogen (secondary N) is 1. The lowest BCUT2D eigenvalue weighted by atomic mass is 10.1. The molecule has 22 heavy (non-hydrogen) atoms. The fraction of sp³-hybridized carbons (Fsp3) is 0.188. The van der Waals surface area contributed by atoms with E-state index >= 15 is 0 Å². The topological polar surface area (TPSA) is 72.2 Å². The number of carbonyl (C=O) groups is 1. The number of rotatable bonds is 4. The summed E-state index contributed by atoms with van der Waals surface area (Å²) in [6, 6.07) is 12.5. The first-order chi connectivity index (χ1) is 10.6. The molecular weight excluding hydrogens is 287 g/mol. The lowest BCUT2D eigenvalue weighted by Gasteiger charge is -2.06. The molecule has 1 fully saturated rings. The fourth-order valence-corrected chi connectivity index (χ4v) is 2.52. The Balaban J connectivity index is 1.74. The second-order valence-electron chi connectivity index (χ2n) is 5.25. The maximum Gasteiger partial charge on any atom is 0.282 e. The fourth-order valence-electron chi connectivity index (χ4n) is 2.52. The Hall–Kier alpha value is -2.76. The molecule has 0 saturated heterocycles. The third-order valence-corrected chi connectivity index (χ3v) is 3.73. The number of benzene rings is 2. The Morgan fingerprint density at radius 1 is 1.23 bits per heavy atom. The molecule has 0 radical (unpaired) electrons. The number of hydrogen-bond acceptors (Lipinski definition) is 3. The van der Waals surface area contributed by atoms with Gasteiger partial charge in [-0.2, -0.15) is 0 Å². The van der Waals surface area contributed by atoms with Crippen molar-refractivity contribution >= 4 is 11.6 Å². The van der Waals surface area contributed by atoms with E-state index in [-0.39, 0.29) is 17.5 Å². The molecule has 1 amide bonds. The van der Waals surface area contributed by atoms with Gasteiger partial charge in [-0.15, -0.1) is 0 Å². The minimum atomic E-state index is -0.685. The Morgan fingerprint density at radius 2 is 1.95 bits per heavy atom. The minimum Gasteiger partial charge on any atom is -0.348 e. The van der Waals surface area contributed by atoms with Crippen molar-refractivity contribution in [2.45, 2.75) is 18.4 Å². The van der Waals surface area contributed by atoms with Crippen molar-refractivity contribution in [3.8, 4) is 0 Å². The molecular formula is C16H13FN2O3. The van der Waals surface area contributed by atoms with Crippen LogP contribution in [0.3, 0.4) is 0 Å². The Morgan fingerprint density at radius 3 is 2.64 bits per heavy atom. The van der Waals surface area contributed by atoms with Gasteiger partial charge in [0.15, 0.2) is 0 Å². The van der Waals surface area contributed by atoms with E-state index in [4.69, 9.17) is 0 Å². The average molecular weight is 300 g/mol. The number of amides is 1. The zero-order valence-electron chi connectivity index (χ0n) is 11.5. The van der Waals surface area contributed by atoms with Crippen molar-refractivity contribution in [2.75, 3.05) is 0 Å². The summed E-state index contributed by atoms with van der Waals surface area (Å²) in [5.41, 5.74) is 0.473. The summed E-state index contributed by atoms with van der Waals surface area (Å²) in [4.78, 5) is 22.4. The molecule has 0 bridgehead atoms. The molecule has 0 aliphatic heterocycles. The van der Waals surface area contributed by atoms with Crippen LogP contribution in [0.4, 0.5) is 10.1 Å². The van der Waals surface area contributed by atoms with Crippen LogP contribution in [0.15, 0.2) is 48.5 Å². The molecule has 1 N–H and O–H groups in total. The largest absolute Gasteiger partial charge is 0.348 e. The van der Waals surface area contributed by atoms with E-state index in [2.05, 4.69) is 5.32 Å². The summed E-state index contributed by atoms with van der Waals surface area (Å²) in [5, 5.41) is 13.7. The number of nitro benzene ring substituents is 1. The van der Waals surface area contributed by atoms with Gasteiger partial charge in [-0.25, -0.2) is 4.39 Å². The molecule has 0 heterocycles. The third-order valence-electron chi connectivity index (χ3n) is 3.73. The van der Waals surface area contributed by atoms with Crippen LogP contribution in [0.5, 0.6) is 0 Å². The molecule has 2 aromatic rings. The maximum atomic E-state index is 13.3. The van der Waals surface area contributed by atoms with Gasteiger partial charge >= 0.3 is 0 Å². The quantitative estimate of drug-likeness (QED) is 0.697. The second-order valence-corrected chi connectivity index (χ2v) is 5.25. The van der Waals surface area contributed by atoms with Crippen molar-refractivity contribution in [3.05, 3.63) is 75.6 Å². The van der Waals surface area contributed by atoms with Gasteiger partial charge in [0.1, 0.15) is 11.4 Å². The summed E-state index contributed by atoms with van der Waals surface area (Å²) < 4.78 is 13.3. The highest BCUT2D eigenvalue weighted by Crippen LogP contribution is 2.40. The monoisotopic (exact) mass is 300 g/mol. The van der Waals surface area contributed by atoms with Crippen LogP contribution in [-0.2, 0) is 0 Å². The van der Waals surface area contributed by atoms with Gasteiger partial charge in [-0.1, -0.05) is 30.3 Å². The molecule has 2 aromatic carbocycles. The summed E-state index contributed by atoms with van der Waals surface area (Å²) in [6.45, 7) is 0. The molecule has 5 nitrogen and oxygen atoms in total. The predicted octanol–water partition coefficient (Wildman–Crippen LogP) is 3.02. The molecule has 2 unspecified atom stereocenters. The highest BCUT2D eigenvalue weighted by molar-refractivity contribution is 5.98. The molecule has 112 valence electrons. The van der Waals surface area contributed by atoms with Crippen LogP contribution in [0.25, 0.3) is 0 Å². The Labute approximate surface area is 125 Å². The zero-order chi connectivity index (χ0) is 15.7. The van der Waals surface area contributed by atoms with Crippen LogP contribution in [-0.4, -0.2) is 16.9 Å². The van der Waals surface area contributed by atoms with Crippen molar-refractivity contribution in [2.24, 2.45) is 0 Å². The van der Waals surface area contributed by atoms with E-state index in [1.807, 2.05) is 30.3 Å². The molecule has 1 saturated carbocycles. The summed E-state index contributed by atoms with van der Waals surface area (Å²) >= 11 is 0.